The van der Waals surface area contributed by atoms with E-state index in [9.17, 15) is 8.78 Å². The van der Waals surface area contributed by atoms with Gasteiger partial charge in [-0.3, -0.25) is 0 Å². The molecule has 0 aromatic heterocycles. The minimum Gasteiger partial charge on any atom is -0.207 e. The Morgan fingerprint density at radius 1 is 1.05 bits per heavy atom. The van der Waals surface area contributed by atoms with Crippen LogP contribution < -0.4 is 0 Å². The molecule has 1 aromatic carbocycles. The van der Waals surface area contributed by atoms with Crippen LogP contribution in [0, 0.1) is 17.6 Å². The third-order valence-electron chi connectivity index (χ3n) is 4.05. The molecule has 0 aliphatic heterocycles. The average Bonchev–Trinajstić information content (AvgIpc) is 2.63. The van der Waals surface area contributed by atoms with Gasteiger partial charge in [-0.05, 0) is 30.9 Å². The first kappa shape index (κ1) is 15.0. The van der Waals surface area contributed by atoms with Crippen LogP contribution >= 0.6 is 15.9 Å². The summed E-state index contributed by atoms with van der Waals surface area (Å²) in [6.45, 7) is 0. The highest BCUT2D eigenvalue weighted by Crippen LogP contribution is 2.30. The van der Waals surface area contributed by atoms with Gasteiger partial charge in [-0.25, -0.2) is 8.78 Å². The number of alkyl halides is 1. The molecule has 0 bridgehead atoms. The number of benzene rings is 1. The summed E-state index contributed by atoms with van der Waals surface area (Å²) >= 11 is 3.61. The first-order chi connectivity index (χ1) is 9.16. The Morgan fingerprint density at radius 2 is 1.63 bits per heavy atom. The molecule has 0 nitrogen and oxygen atoms in total. The van der Waals surface area contributed by atoms with Crippen molar-refractivity contribution < 1.29 is 8.78 Å². The van der Waals surface area contributed by atoms with E-state index in [1.807, 2.05) is 0 Å². The molecule has 1 aliphatic carbocycles. The normalized spacial score (nSPS) is 19.1. The van der Waals surface area contributed by atoms with Crippen molar-refractivity contribution in [2.75, 3.05) is 0 Å². The van der Waals surface area contributed by atoms with Gasteiger partial charge < -0.3 is 0 Å². The Hall–Kier alpha value is -0.440. The van der Waals surface area contributed by atoms with Crippen LogP contribution in [0.5, 0.6) is 0 Å². The van der Waals surface area contributed by atoms with E-state index < -0.39 is 11.6 Å². The zero-order chi connectivity index (χ0) is 13.7. The Bertz CT molecular complexity index is 377. The standard InChI is InChI=1S/C16H21BrF2/c17-13(10-12-6-3-1-2-4-7-12)11-14-15(18)8-5-9-16(14)19/h5,8-9,12-13H,1-4,6-7,10-11H2. The van der Waals surface area contributed by atoms with Crippen molar-refractivity contribution in [2.45, 2.75) is 56.2 Å². The summed E-state index contributed by atoms with van der Waals surface area (Å²) in [4.78, 5) is 0.169. The first-order valence-corrected chi connectivity index (χ1v) is 8.15. The lowest BCUT2D eigenvalue weighted by atomic mass is 9.93. The van der Waals surface area contributed by atoms with Crippen LogP contribution in [0.4, 0.5) is 8.78 Å². The van der Waals surface area contributed by atoms with Crippen molar-refractivity contribution >= 4 is 15.9 Å². The van der Waals surface area contributed by atoms with E-state index in [-0.39, 0.29) is 10.4 Å². The fourth-order valence-corrected chi connectivity index (χ4v) is 3.85. The predicted octanol–water partition coefficient (Wildman–Crippen LogP) is 5.63. The zero-order valence-corrected chi connectivity index (χ0v) is 12.8. The minimum absolute atomic E-state index is 0.169. The molecule has 19 heavy (non-hydrogen) atoms. The molecule has 2 rings (SSSR count). The molecule has 1 unspecified atom stereocenters. The van der Waals surface area contributed by atoms with Crippen LogP contribution in [0.2, 0.25) is 0 Å². The Balaban J connectivity index is 1.91. The number of hydrogen-bond acceptors (Lipinski definition) is 0. The van der Waals surface area contributed by atoms with Gasteiger partial charge in [0.15, 0.2) is 0 Å². The van der Waals surface area contributed by atoms with Crippen LogP contribution in [-0.4, -0.2) is 4.83 Å². The second-order valence-electron chi connectivity index (χ2n) is 5.59. The molecule has 1 aliphatic rings. The van der Waals surface area contributed by atoms with Crippen molar-refractivity contribution in [2.24, 2.45) is 5.92 Å². The van der Waals surface area contributed by atoms with Gasteiger partial charge in [0.1, 0.15) is 11.6 Å². The second kappa shape index (κ2) is 7.37. The molecule has 3 heteroatoms. The monoisotopic (exact) mass is 330 g/mol. The van der Waals surface area contributed by atoms with E-state index in [0.29, 0.717) is 12.3 Å². The van der Waals surface area contributed by atoms with Crippen molar-refractivity contribution in [1.29, 1.82) is 0 Å². The van der Waals surface area contributed by atoms with Gasteiger partial charge in [0, 0.05) is 10.4 Å². The van der Waals surface area contributed by atoms with Crippen molar-refractivity contribution in [3.63, 3.8) is 0 Å². The van der Waals surface area contributed by atoms with Crippen LogP contribution in [-0.2, 0) is 6.42 Å². The first-order valence-electron chi connectivity index (χ1n) is 7.23. The van der Waals surface area contributed by atoms with Gasteiger partial charge in [0.05, 0.1) is 0 Å². The largest absolute Gasteiger partial charge is 0.207 e. The molecule has 106 valence electrons. The fourth-order valence-electron chi connectivity index (χ4n) is 2.99. The molecule has 0 heterocycles. The highest BCUT2D eigenvalue weighted by atomic mass is 79.9. The molecule has 0 amide bonds. The summed E-state index contributed by atoms with van der Waals surface area (Å²) in [6, 6.07) is 4.09. The highest BCUT2D eigenvalue weighted by molar-refractivity contribution is 9.09. The fraction of sp³-hybridized carbons (Fsp3) is 0.625. The highest BCUT2D eigenvalue weighted by Gasteiger charge is 2.19. The lowest BCUT2D eigenvalue weighted by molar-refractivity contribution is 0.420. The smallest absolute Gasteiger partial charge is 0.129 e. The molecule has 1 atom stereocenters. The number of rotatable bonds is 4. The molecule has 0 saturated heterocycles. The van der Waals surface area contributed by atoms with E-state index >= 15 is 0 Å². The Kier molecular flexibility index (Phi) is 5.80. The third kappa shape index (κ3) is 4.55. The van der Waals surface area contributed by atoms with Crippen molar-refractivity contribution in [3.8, 4) is 0 Å². The summed E-state index contributed by atoms with van der Waals surface area (Å²) in [5.41, 5.74) is 0.220. The minimum atomic E-state index is -0.426. The SMILES string of the molecule is Fc1cccc(F)c1CC(Br)CC1CCCCCC1. The maximum absolute atomic E-state index is 13.6. The quantitative estimate of drug-likeness (QED) is 0.495. The number of halogens is 3. The molecular formula is C16H21BrF2. The van der Waals surface area contributed by atoms with Crippen molar-refractivity contribution in [3.05, 3.63) is 35.4 Å². The van der Waals surface area contributed by atoms with E-state index in [1.165, 1.54) is 56.7 Å². The van der Waals surface area contributed by atoms with Gasteiger partial charge in [0.25, 0.3) is 0 Å². The molecule has 1 aromatic rings. The predicted molar refractivity (Wildman–Crippen MR) is 78.6 cm³/mol. The van der Waals surface area contributed by atoms with Crippen LogP contribution in [0.25, 0.3) is 0 Å². The lowest BCUT2D eigenvalue weighted by Crippen LogP contribution is -2.12. The molecule has 0 radical (unpaired) electrons. The van der Waals surface area contributed by atoms with Gasteiger partial charge in [-0.15, -0.1) is 0 Å². The topological polar surface area (TPSA) is 0 Å². The van der Waals surface area contributed by atoms with Crippen LogP contribution in [0.1, 0.15) is 50.5 Å². The maximum Gasteiger partial charge on any atom is 0.129 e. The van der Waals surface area contributed by atoms with Gasteiger partial charge in [0.2, 0.25) is 0 Å². The van der Waals surface area contributed by atoms with Crippen LogP contribution in [0.3, 0.4) is 0 Å². The van der Waals surface area contributed by atoms with E-state index in [0.717, 1.165) is 6.42 Å². The van der Waals surface area contributed by atoms with Crippen molar-refractivity contribution in [1.82, 2.24) is 0 Å². The van der Waals surface area contributed by atoms with Crippen LogP contribution in [0.15, 0.2) is 18.2 Å². The zero-order valence-electron chi connectivity index (χ0n) is 11.2. The summed E-state index contributed by atoms with van der Waals surface area (Å²) in [5, 5.41) is 0. The molecule has 1 fully saturated rings. The third-order valence-corrected chi connectivity index (χ3v) is 4.75. The van der Waals surface area contributed by atoms with E-state index in [1.54, 1.807) is 0 Å². The Morgan fingerprint density at radius 3 is 2.21 bits per heavy atom. The Labute approximate surface area is 122 Å². The van der Waals surface area contributed by atoms with Gasteiger partial charge in [-0.1, -0.05) is 60.5 Å². The summed E-state index contributed by atoms with van der Waals surface area (Å²) < 4.78 is 27.2. The van der Waals surface area contributed by atoms with E-state index in [2.05, 4.69) is 15.9 Å². The number of hydrogen-bond donors (Lipinski definition) is 0. The summed E-state index contributed by atoms with van der Waals surface area (Å²) in [6.07, 6.45) is 9.28. The van der Waals surface area contributed by atoms with Gasteiger partial charge >= 0.3 is 0 Å². The van der Waals surface area contributed by atoms with E-state index in [4.69, 9.17) is 0 Å². The molecule has 0 spiro atoms. The average molecular weight is 331 g/mol. The molecule has 0 N–H and O–H groups in total. The maximum atomic E-state index is 13.6. The molecule has 1 saturated carbocycles. The molecular weight excluding hydrogens is 310 g/mol. The summed E-state index contributed by atoms with van der Waals surface area (Å²) in [5.74, 6) is -0.141. The van der Waals surface area contributed by atoms with Gasteiger partial charge in [-0.2, -0.15) is 0 Å². The lowest BCUT2D eigenvalue weighted by Gasteiger charge is -2.18. The second-order valence-corrected chi connectivity index (χ2v) is 6.89. The summed E-state index contributed by atoms with van der Waals surface area (Å²) in [7, 11) is 0.